The molecule has 0 radical (unpaired) electrons. The number of esters is 1. The second kappa shape index (κ2) is 6.29. The summed E-state index contributed by atoms with van der Waals surface area (Å²) in [6.45, 7) is 0. The Kier molecular flexibility index (Phi) is 4.20. The predicted octanol–water partition coefficient (Wildman–Crippen LogP) is 2.04. The average Bonchev–Trinajstić information content (AvgIpc) is 3.01. The third-order valence-corrected chi connectivity index (χ3v) is 4.50. The van der Waals surface area contributed by atoms with E-state index in [9.17, 15) is 14.4 Å². The number of fused-ring (bicyclic) bond motifs is 1. The van der Waals surface area contributed by atoms with Gasteiger partial charge < -0.3 is 14.5 Å². The van der Waals surface area contributed by atoms with Crippen LogP contribution in [0.25, 0.3) is 11.0 Å². The van der Waals surface area contributed by atoms with Gasteiger partial charge in [-0.2, -0.15) is 0 Å². The quantitative estimate of drug-likeness (QED) is 0.684. The van der Waals surface area contributed by atoms with Crippen molar-refractivity contribution in [1.29, 1.82) is 0 Å². The number of methoxy groups -OCH3 is 1. The molecule has 1 aromatic heterocycles. The lowest BCUT2D eigenvalue weighted by Crippen LogP contribution is -2.28. The van der Waals surface area contributed by atoms with E-state index in [1.807, 2.05) is 0 Å². The van der Waals surface area contributed by atoms with Crippen molar-refractivity contribution >= 4 is 34.6 Å². The highest BCUT2D eigenvalue weighted by molar-refractivity contribution is 8.04. The molecule has 2 heterocycles. The van der Waals surface area contributed by atoms with Gasteiger partial charge in [-0.25, -0.2) is 9.59 Å². The zero-order valence-corrected chi connectivity index (χ0v) is 13.1. The van der Waals surface area contributed by atoms with Crippen LogP contribution in [0.5, 0.6) is 0 Å². The fraction of sp³-hybridized carbons (Fsp3) is 0.188. The first kappa shape index (κ1) is 15.4. The lowest BCUT2D eigenvalue weighted by atomic mass is 10.1. The number of thioether (sulfide) groups is 1. The molecule has 0 fully saturated rings. The summed E-state index contributed by atoms with van der Waals surface area (Å²) in [6.07, 6.45) is 0.528. The molecule has 6 nitrogen and oxygen atoms in total. The molecule has 0 saturated heterocycles. The first-order chi connectivity index (χ1) is 11.1. The highest BCUT2D eigenvalue weighted by Gasteiger charge is 2.25. The van der Waals surface area contributed by atoms with Crippen LogP contribution < -0.4 is 10.9 Å². The summed E-state index contributed by atoms with van der Waals surface area (Å²) in [6, 6.07) is 8.42. The normalized spacial score (nSPS) is 14.1. The van der Waals surface area contributed by atoms with Crippen molar-refractivity contribution in [2.24, 2.45) is 0 Å². The number of para-hydroxylation sites is 1. The Hall–Kier alpha value is -2.54. The van der Waals surface area contributed by atoms with Crippen LogP contribution in [0, 0.1) is 0 Å². The summed E-state index contributed by atoms with van der Waals surface area (Å²) in [5.41, 5.74) is 0.0729. The number of allylic oxidation sites excluding steroid dienone is 1. The van der Waals surface area contributed by atoms with Crippen molar-refractivity contribution in [1.82, 2.24) is 5.32 Å². The van der Waals surface area contributed by atoms with E-state index in [1.165, 1.54) is 24.9 Å². The molecule has 0 saturated carbocycles. The van der Waals surface area contributed by atoms with Crippen LogP contribution in [-0.4, -0.2) is 24.7 Å². The standard InChI is InChI=1S/C16H13NO5S/c1-21-16(20)13-11(6-7-23-13)17-14(18)10-8-9-4-2-3-5-12(9)22-15(10)19/h2-5,8H,6-7H2,1H3,(H,17,18). The van der Waals surface area contributed by atoms with E-state index in [1.54, 1.807) is 24.3 Å². The highest BCUT2D eigenvalue weighted by Crippen LogP contribution is 2.30. The van der Waals surface area contributed by atoms with Crippen molar-refractivity contribution in [3.63, 3.8) is 0 Å². The number of ether oxygens (including phenoxy) is 1. The third kappa shape index (κ3) is 3.00. The van der Waals surface area contributed by atoms with E-state index in [0.29, 0.717) is 33.7 Å². The topological polar surface area (TPSA) is 85.6 Å². The molecular formula is C16H13NO5S. The fourth-order valence-corrected chi connectivity index (χ4v) is 3.31. The Morgan fingerprint density at radius 3 is 2.87 bits per heavy atom. The SMILES string of the molecule is COC(=O)C1=C(NC(=O)c2cc3ccccc3oc2=O)CCS1. The molecule has 7 heteroatoms. The molecular weight excluding hydrogens is 318 g/mol. The second-order valence-corrected chi connectivity index (χ2v) is 5.94. The number of hydrogen-bond acceptors (Lipinski definition) is 6. The Balaban J connectivity index is 1.93. The van der Waals surface area contributed by atoms with Crippen molar-refractivity contribution in [2.75, 3.05) is 12.9 Å². The maximum Gasteiger partial charge on any atom is 0.349 e. The minimum Gasteiger partial charge on any atom is -0.465 e. The maximum atomic E-state index is 12.4. The first-order valence-electron chi connectivity index (χ1n) is 6.88. The van der Waals surface area contributed by atoms with Gasteiger partial charge in [-0.05, 0) is 18.6 Å². The molecule has 0 unspecified atom stereocenters. The zero-order chi connectivity index (χ0) is 16.4. The maximum absolute atomic E-state index is 12.4. The van der Waals surface area contributed by atoms with Crippen LogP contribution in [0.2, 0.25) is 0 Å². The number of carbonyl (C=O) groups is 2. The predicted molar refractivity (Wildman–Crippen MR) is 86.1 cm³/mol. The summed E-state index contributed by atoms with van der Waals surface area (Å²) in [5, 5.41) is 3.28. The molecule has 23 heavy (non-hydrogen) atoms. The molecule has 2 aromatic rings. The molecule has 0 bridgehead atoms. The van der Waals surface area contributed by atoms with E-state index in [4.69, 9.17) is 4.42 Å². The lowest BCUT2D eigenvalue weighted by Gasteiger charge is -2.07. The Labute approximate surface area is 135 Å². The van der Waals surface area contributed by atoms with Crippen molar-refractivity contribution in [2.45, 2.75) is 6.42 Å². The molecule has 3 rings (SSSR count). The van der Waals surface area contributed by atoms with Crippen molar-refractivity contribution in [3.05, 3.63) is 56.9 Å². The number of amides is 1. The van der Waals surface area contributed by atoms with E-state index >= 15 is 0 Å². The summed E-state index contributed by atoms with van der Waals surface area (Å²) >= 11 is 1.32. The summed E-state index contributed by atoms with van der Waals surface area (Å²) in [4.78, 5) is 36.4. The summed E-state index contributed by atoms with van der Waals surface area (Å²) in [7, 11) is 1.28. The minimum atomic E-state index is -0.716. The van der Waals surface area contributed by atoms with E-state index < -0.39 is 17.5 Å². The number of carbonyl (C=O) groups excluding carboxylic acids is 2. The van der Waals surface area contributed by atoms with Gasteiger partial charge in [0.05, 0.1) is 7.11 Å². The van der Waals surface area contributed by atoms with Crippen molar-refractivity contribution in [3.8, 4) is 0 Å². The van der Waals surface area contributed by atoms with Gasteiger partial charge in [0.1, 0.15) is 16.1 Å². The van der Waals surface area contributed by atoms with Crippen molar-refractivity contribution < 1.29 is 18.7 Å². The number of rotatable bonds is 3. The van der Waals surface area contributed by atoms with Gasteiger partial charge in [0, 0.05) is 16.8 Å². The number of nitrogens with one attached hydrogen (secondary N) is 1. The largest absolute Gasteiger partial charge is 0.465 e. The van der Waals surface area contributed by atoms with E-state index in [-0.39, 0.29) is 5.56 Å². The molecule has 0 aliphatic carbocycles. The Bertz CT molecular complexity index is 883. The molecule has 1 N–H and O–H groups in total. The average molecular weight is 331 g/mol. The molecule has 1 aromatic carbocycles. The highest BCUT2D eigenvalue weighted by atomic mass is 32.2. The van der Waals surface area contributed by atoms with Crippen LogP contribution in [0.3, 0.4) is 0 Å². The second-order valence-electron chi connectivity index (χ2n) is 4.84. The lowest BCUT2D eigenvalue weighted by molar-refractivity contribution is -0.135. The van der Waals surface area contributed by atoms with Gasteiger partial charge in [-0.3, -0.25) is 4.79 Å². The molecule has 0 atom stereocenters. The fourth-order valence-electron chi connectivity index (χ4n) is 2.27. The smallest absolute Gasteiger partial charge is 0.349 e. The van der Waals surface area contributed by atoms with Crippen LogP contribution in [0.4, 0.5) is 0 Å². The molecule has 118 valence electrons. The minimum absolute atomic E-state index is 0.0997. The molecule has 1 aliphatic rings. The van der Waals surface area contributed by atoms with E-state index in [2.05, 4.69) is 10.1 Å². The van der Waals surface area contributed by atoms with Gasteiger partial charge in [0.15, 0.2) is 0 Å². The Morgan fingerprint density at radius 2 is 2.09 bits per heavy atom. The first-order valence-corrected chi connectivity index (χ1v) is 7.87. The summed E-state index contributed by atoms with van der Waals surface area (Å²) in [5.74, 6) is -0.413. The molecule has 1 aliphatic heterocycles. The number of hydrogen-bond donors (Lipinski definition) is 1. The number of benzene rings is 1. The van der Waals surface area contributed by atoms with Gasteiger partial charge >= 0.3 is 11.6 Å². The molecule has 0 spiro atoms. The van der Waals surface area contributed by atoms with Gasteiger partial charge in [0.25, 0.3) is 5.91 Å². The monoisotopic (exact) mass is 331 g/mol. The van der Waals surface area contributed by atoms with Gasteiger partial charge in [-0.15, -0.1) is 11.8 Å². The summed E-state index contributed by atoms with van der Waals surface area (Å²) < 4.78 is 9.83. The Morgan fingerprint density at radius 1 is 1.30 bits per heavy atom. The van der Waals surface area contributed by atoms with Crippen LogP contribution in [0.15, 0.2) is 50.1 Å². The van der Waals surface area contributed by atoms with Crippen LogP contribution >= 0.6 is 11.8 Å². The van der Waals surface area contributed by atoms with Gasteiger partial charge in [-0.1, -0.05) is 18.2 Å². The van der Waals surface area contributed by atoms with Crippen LogP contribution in [0.1, 0.15) is 16.8 Å². The molecule has 1 amide bonds. The van der Waals surface area contributed by atoms with E-state index in [0.717, 1.165) is 0 Å². The third-order valence-electron chi connectivity index (χ3n) is 3.39. The van der Waals surface area contributed by atoms with Crippen LogP contribution in [-0.2, 0) is 9.53 Å². The zero-order valence-electron chi connectivity index (χ0n) is 12.3. The van der Waals surface area contributed by atoms with Gasteiger partial charge in [0.2, 0.25) is 0 Å².